The van der Waals surface area contributed by atoms with Gasteiger partial charge in [-0.25, -0.2) is 9.37 Å². The van der Waals surface area contributed by atoms with Gasteiger partial charge in [-0.05, 0) is 31.5 Å². The van der Waals surface area contributed by atoms with Crippen LogP contribution in [0.4, 0.5) is 17.6 Å². The molecule has 0 spiro atoms. The predicted octanol–water partition coefficient (Wildman–Crippen LogP) is 3.94. The molecule has 162 valence electrons. The Morgan fingerprint density at radius 2 is 2.03 bits per heavy atom. The van der Waals surface area contributed by atoms with Gasteiger partial charge in [0.05, 0.1) is 28.5 Å². The van der Waals surface area contributed by atoms with E-state index in [1.165, 1.54) is 15.6 Å². The number of carbonyl (C=O) groups is 1. The van der Waals surface area contributed by atoms with E-state index in [0.717, 1.165) is 18.5 Å². The SMILES string of the molecule is Cc1cc(-n2nnc3c2CCN(C(=O)c2ccnc(C(F)(F)F)c2Cl)[C@@H]3C)ncc1F. The summed E-state index contributed by atoms with van der Waals surface area (Å²) in [5, 5.41) is 7.47. The fourth-order valence-corrected chi connectivity index (χ4v) is 3.80. The predicted molar refractivity (Wildman–Crippen MR) is 101 cm³/mol. The van der Waals surface area contributed by atoms with E-state index in [0.29, 0.717) is 29.2 Å². The van der Waals surface area contributed by atoms with Gasteiger partial charge in [0.15, 0.2) is 11.5 Å². The van der Waals surface area contributed by atoms with Gasteiger partial charge in [0.25, 0.3) is 5.91 Å². The molecule has 0 bridgehead atoms. The second-order valence-electron chi connectivity index (χ2n) is 7.07. The molecule has 1 amide bonds. The topological polar surface area (TPSA) is 76.8 Å². The number of rotatable bonds is 2. The molecule has 4 rings (SSSR count). The average molecular weight is 455 g/mol. The largest absolute Gasteiger partial charge is 0.434 e. The number of pyridine rings is 2. The van der Waals surface area contributed by atoms with Crippen LogP contribution in [0.5, 0.6) is 0 Å². The number of hydrogen-bond acceptors (Lipinski definition) is 5. The summed E-state index contributed by atoms with van der Waals surface area (Å²) in [6.45, 7) is 3.49. The first kappa shape index (κ1) is 21.2. The molecule has 0 fully saturated rings. The highest BCUT2D eigenvalue weighted by molar-refractivity contribution is 6.34. The molecule has 1 aliphatic rings. The molecule has 1 aliphatic heterocycles. The Kier molecular flexibility index (Phi) is 5.16. The van der Waals surface area contributed by atoms with Crippen molar-refractivity contribution in [3.63, 3.8) is 0 Å². The van der Waals surface area contributed by atoms with Crippen molar-refractivity contribution in [2.75, 3.05) is 6.54 Å². The lowest BCUT2D eigenvalue weighted by atomic mass is 10.0. The molecule has 31 heavy (non-hydrogen) atoms. The smallest absolute Gasteiger partial charge is 0.330 e. The van der Waals surface area contributed by atoms with Crippen LogP contribution in [0.1, 0.15) is 46.0 Å². The quantitative estimate of drug-likeness (QED) is 0.548. The van der Waals surface area contributed by atoms with Crippen molar-refractivity contribution in [2.45, 2.75) is 32.5 Å². The van der Waals surface area contributed by atoms with Crippen LogP contribution in [0.25, 0.3) is 5.82 Å². The summed E-state index contributed by atoms with van der Waals surface area (Å²) in [6.07, 6.45) is -2.46. The average Bonchev–Trinajstić information content (AvgIpc) is 3.14. The second kappa shape index (κ2) is 7.56. The third-order valence-corrected chi connectivity index (χ3v) is 5.53. The van der Waals surface area contributed by atoms with Gasteiger partial charge in [-0.15, -0.1) is 5.10 Å². The van der Waals surface area contributed by atoms with Crippen LogP contribution in [-0.4, -0.2) is 42.3 Å². The van der Waals surface area contributed by atoms with Gasteiger partial charge in [0.1, 0.15) is 11.5 Å². The van der Waals surface area contributed by atoms with Crippen molar-refractivity contribution < 1.29 is 22.4 Å². The van der Waals surface area contributed by atoms with Gasteiger partial charge >= 0.3 is 6.18 Å². The molecule has 0 aliphatic carbocycles. The Morgan fingerprint density at radius 3 is 2.71 bits per heavy atom. The van der Waals surface area contributed by atoms with E-state index in [2.05, 4.69) is 20.3 Å². The molecule has 0 radical (unpaired) electrons. The van der Waals surface area contributed by atoms with Crippen molar-refractivity contribution in [1.82, 2.24) is 29.9 Å². The van der Waals surface area contributed by atoms with Crippen LogP contribution in [0.3, 0.4) is 0 Å². The molecule has 0 aromatic carbocycles. The normalized spacial score (nSPS) is 16.4. The van der Waals surface area contributed by atoms with Crippen LogP contribution < -0.4 is 0 Å². The highest BCUT2D eigenvalue weighted by atomic mass is 35.5. The van der Waals surface area contributed by atoms with Crippen LogP contribution in [-0.2, 0) is 12.6 Å². The first-order chi connectivity index (χ1) is 14.6. The minimum absolute atomic E-state index is 0.195. The summed E-state index contributed by atoms with van der Waals surface area (Å²) in [5.41, 5.74) is -0.0456. The van der Waals surface area contributed by atoms with E-state index < -0.39 is 34.7 Å². The number of halogens is 5. The molecule has 0 unspecified atom stereocenters. The highest BCUT2D eigenvalue weighted by Crippen LogP contribution is 2.36. The van der Waals surface area contributed by atoms with Crippen molar-refractivity contribution in [3.8, 4) is 5.82 Å². The standard InChI is InChI=1S/C19H15ClF4N6O/c1-9-7-14(26-8-12(9)21)30-13-4-6-29(10(2)16(13)27-28-30)18(31)11-3-5-25-17(15(11)20)19(22,23)24/h3,5,7-8,10H,4,6H2,1-2H3/t10-/m1/s1. The third kappa shape index (κ3) is 3.62. The maximum Gasteiger partial charge on any atom is 0.434 e. The van der Waals surface area contributed by atoms with Crippen LogP contribution in [0.2, 0.25) is 5.02 Å². The summed E-state index contributed by atoms with van der Waals surface area (Å²) >= 11 is 5.87. The second-order valence-corrected chi connectivity index (χ2v) is 7.45. The van der Waals surface area contributed by atoms with Crippen molar-refractivity contribution >= 4 is 17.5 Å². The van der Waals surface area contributed by atoms with E-state index in [1.807, 2.05) is 0 Å². The zero-order chi connectivity index (χ0) is 22.5. The van der Waals surface area contributed by atoms with E-state index in [-0.39, 0.29) is 12.1 Å². The molecule has 3 aromatic rings. The monoisotopic (exact) mass is 454 g/mol. The minimum atomic E-state index is -4.78. The van der Waals surface area contributed by atoms with Crippen molar-refractivity contribution in [3.05, 3.63) is 63.6 Å². The number of aryl methyl sites for hydroxylation is 1. The lowest BCUT2D eigenvalue weighted by Crippen LogP contribution is -2.39. The molecule has 12 heteroatoms. The lowest BCUT2D eigenvalue weighted by molar-refractivity contribution is -0.141. The third-order valence-electron chi connectivity index (χ3n) is 5.14. The molecular weight excluding hydrogens is 440 g/mol. The molecular formula is C19H15ClF4N6O. The summed E-state index contributed by atoms with van der Waals surface area (Å²) in [4.78, 5) is 21.7. The van der Waals surface area contributed by atoms with Gasteiger partial charge in [-0.3, -0.25) is 9.78 Å². The number of fused-ring (bicyclic) bond motifs is 1. The zero-order valence-electron chi connectivity index (χ0n) is 16.3. The minimum Gasteiger partial charge on any atom is -0.330 e. The van der Waals surface area contributed by atoms with E-state index in [1.54, 1.807) is 13.8 Å². The van der Waals surface area contributed by atoms with Gasteiger partial charge in [0.2, 0.25) is 0 Å². The van der Waals surface area contributed by atoms with Crippen molar-refractivity contribution in [2.24, 2.45) is 0 Å². The Labute approximate surface area is 178 Å². The molecule has 7 nitrogen and oxygen atoms in total. The Bertz CT molecular complexity index is 1180. The summed E-state index contributed by atoms with van der Waals surface area (Å²) < 4.78 is 54.3. The molecule has 1 atom stereocenters. The number of carbonyl (C=O) groups excluding carboxylic acids is 1. The van der Waals surface area contributed by atoms with Crippen LogP contribution >= 0.6 is 11.6 Å². The molecule has 0 saturated heterocycles. The van der Waals surface area contributed by atoms with Crippen LogP contribution in [0, 0.1) is 12.7 Å². The summed E-state index contributed by atoms with van der Waals surface area (Å²) in [5.74, 6) is -0.733. The molecule has 4 heterocycles. The Morgan fingerprint density at radius 1 is 1.29 bits per heavy atom. The molecule has 3 aromatic heterocycles. The zero-order valence-corrected chi connectivity index (χ0v) is 17.0. The Hall–Kier alpha value is -3.08. The Balaban J connectivity index is 1.66. The van der Waals surface area contributed by atoms with Crippen molar-refractivity contribution in [1.29, 1.82) is 0 Å². The number of nitrogens with zero attached hydrogens (tertiary/aromatic N) is 6. The van der Waals surface area contributed by atoms with Gasteiger partial charge in [-0.2, -0.15) is 17.9 Å². The lowest BCUT2D eigenvalue weighted by Gasteiger charge is -2.33. The summed E-state index contributed by atoms with van der Waals surface area (Å²) in [7, 11) is 0. The van der Waals surface area contributed by atoms with E-state index in [4.69, 9.17) is 11.6 Å². The van der Waals surface area contributed by atoms with Crippen LogP contribution in [0.15, 0.2) is 24.5 Å². The number of hydrogen-bond donors (Lipinski definition) is 0. The first-order valence-electron chi connectivity index (χ1n) is 9.19. The number of alkyl halides is 3. The molecule has 0 saturated carbocycles. The van der Waals surface area contributed by atoms with Gasteiger partial charge in [0, 0.05) is 19.2 Å². The summed E-state index contributed by atoms with van der Waals surface area (Å²) in [6, 6.07) is 2.11. The van der Waals surface area contributed by atoms with Gasteiger partial charge < -0.3 is 4.90 Å². The molecule has 0 N–H and O–H groups in total. The van der Waals surface area contributed by atoms with E-state index in [9.17, 15) is 22.4 Å². The number of amides is 1. The van der Waals surface area contributed by atoms with E-state index >= 15 is 0 Å². The fourth-order valence-electron chi connectivity index (χ4n) is 3.50. The fraction of sp³-hybridized carbons (Fsp3) is 0.316. The van der Waals surface area contributed by atoms with Gasteiger partial charge in [-0.1, -0.05) is 16.8 Å². The highest BCUT2D eigenvalue weighted by Gasteiger charge is 2.39. The maximum absolute atomic E-state index is 13.5. The first-order valence-corrected chi connectivity index (χ1v) is 9.57. The number of aromatic nitrogens is 5. The maximum atomic E-state index is 13.5.